The summed E-state index contributed by atoms with van der Waals surface area (Å²) in [7, 11) is 1.53. The number of carbonyl (C=O) groups excluding carboxylic acids is 3. The van der Waals surface area contributed by atoms with Crippen LogP contribution >= 0.6 is 45.8 Å². The first-order chi connectivity index (χ1) is 18.2. The molecule has 4 amide bonds. The molecule has 3 aromatic rings. The highest BCUT2D eigenvalue weighted by Crippen LogP contribution is 2.35. The van der Waals surface area contributed by atoms with Gasteiger partial charge in [-0.25, -0.2) is 9.69 Å². The Bertz CT molecular complexity index is 1440. The third-order valence-corrected chi connectivity index (χ3v) is 6.84. The van der Waals surface area contributed by atoms with Crippen molar-refractivity contribution >= 4 is 75.4 Å². The number of hydrogen-bond acceptors (Lipinski definition) is 6. The van der Waals surface area contributed by atoms with E-state index in [-0.39, 0.29) is 17.9 Å². The SMILES string of the molecule is CCOc1cc(/C=C2\C(=O)NC(=O)N(c3ccc(OCc4ccc(Cl)cc4Cl)cc3)C2=O)cc(I)c1OC. The maximum absolute atomic E-state index is 13.3. The van der Waals surface area contributed by atoms with E-state index in [1.54, 1.807) is 54.6 Å². The molecule has 1 fully saturated rings. The van der Waals surface area contributed by atoms with Gasteiger partial charge in [0.25, 0.3) is 11.8 Å². The number of halogens is 3. The van der Waals surface area contributed by atoms with E-state index in [1.165, 1.54) is 13.2 Å². The van der Waals surface area contributed by atoms with E-state index in [1.807, 2.05) is 6.92 Å². The van der Waals surface area contributed by atoms with Crippen LogP contribution in [-0.2, 0) is 16.2 Å². The number of methoxy groups -OCH3 is 1. The molecule has 1 N–H and O–H groups in total. The largest absolute Gasteiger partial charge is 0.492 e. The zero-order chi connectivity index (χ0) is 27.4. The maximum atomic E-state index is 13.3. The molecule has 8 nitrogen and oxygen atoms in total. The predicted octanol–water partition coefficient (Wildman–Crippen LogP) is 6.25. The zero-order valence-electron chi connectivity index (χ0n) is 20.2. The van der Waals surface area contributed by atoms with Crippen molar-refractivity contribution in [3.63, 3.8) is 0 Å². The Morgan fingerprint density at radius 3 is 2.39 bits per heavy atom. The van der Waals surface area contributed by atoms with Crippen LogP contribution < -0.4 is 24.4 Å². The topological polar surface area (TPSA) is 94.2 Å². The molecule has 0 bridgehead atoms. The fourth-order valence-corrected chi connectivity index (χ4v) is 4.99. The number of anilines is 1. The van der Waals surface area contributed by atoms with Gasteiger partial charge in [0.05, 0.1) is 23.0 Å². The van der Waals surface area contributed by atoms with Gasteiger partial charge in [-0.1, -0.05) is 29.3 Å². The lowest BCUT2D eigenvalue weighted by atomic mass is 10.1. The predicted molar refractivity (Wildman–Crippen MR) is 153 cm³/mol. The summed E-state index contributed by atoms with van der Waals surface area (Å²) >= 11 is 14.2. The van der Waals surface area contributed by atoms with Gasteiger partial charge in [-0.05, 0) is 89.7 Å². The van der Waals surface area contributed by atoms with Gasteiger partial charge in [-0.15, -0.1) is 0 Å². The number of amides is 4. The molecule has 0 atom stereocenters. The van der Waals surface area contributed by atoms with Crippen LogP contribution in [0.25, 0.3) is 6.08 Å². The average Bonchev–Trinajstić information content (AvgIpc) is 2.87. The summed E-state index contributed by atoms with van der Waals surface area (Å²) in [6.07, 6.45) is 1.41. The summed E-state index contributed by atoms with van der Waals surface area (Å²) in [5, 5.41) is 3.23. The van der Waals surface area contributed by atoms with Crippen LogP contribution in [-0.4, -0.2) is 31.6 Å². The van der Waals surface area contributed by atoms with Gasteiger partial charge < -0.3 is 14.2 Å². The number of ether oxygens (including phenoxy) is 3. The number of benzene rings is 3. The lowest BCUT2D eigenvalue weighted by molar-refractivity contribution is -0.122. The van der Waals surface area contributed by atoms with Crippen LogP contribution in [0, 0.1) is 3.57 Å². The fourth-order valence-electron chi connectivity index (χ4n) is 3.68. The summed E-state index contributed by atoms with van der Waals surface area (Å²) in [4.78, 5) is 39.4. The minimum absolute atomic E-state index is 0.199. The summed E-state index contributed by atoms with van der Waals surface area (Å²) < 4.78 is 17.5. The normalized spacial score (nSPS) is 14.5. The Hall–Kier alpha value is -3.28. The number of hydrogen-bond donors (Lipinski definition) is 1. The quantitative estimate of drug-likeness (QED) is 0.174. The second-order valence-corrected chi connectivity index (χ2v) is 9.95. The number of imide groups is 2. The highest BCUT2D eigenvalue weighted by Gasteiger charge is 2.37. The van der Waals surface area contributed by atoms with Crippen molar-refractivity contribution in [3.05, 3.63) is 84.9 Å². The smallest absolute Gasteiger partial charge is 0.335 e. The van der Waals surface area contributed by atoms with Gasteiger partial charge >= 0.3 is 6.03 Å². The molecule has 1 heterocycles. The number of barbiturate groups is 1. The average molecular weight is 667 g/mol. The number of urea groups is 1. The van der Waals surface area contributed by atoms with E-state index in [4.69, 9.17) is 37.4 Å². The Morgan fingerprint density at radius 1 is 1.00 bits per heavy atom. The second-order valence-electron chi connectivity index (χ2n) is 7.94. The molecule has 0 unspecified atom stereocenters. The molecule has 4 rings (SSSR count). The lowest BCUT2D eigenvalue weighted by Crippen LogP contribution is -2.54. The van der Waals surface area contributed by atoms with E-state index < -0.39 is 17.8 Å². The summed E-state index contributed by atoms with van der Waals surface area (Å²) in [6, 6.07) is 14.0. The first-order valence-corrected chi connectivity index (χ1v) is 13.1. The number of nitrogens with one attached hydrogen (secondary N) is 1. The third kappa shape index (κ3) is 6.06. The first-order valence-electron chi connectivity index (χ1n) is 11.3. The molecule has 1 aliphatic rings. The molecule has 0 radical (unpaired) electrons. The van der Waals surface area contributed by atoms with Crippen molar-refractivity contribution < 1.29 is 28.6 Å². The Morgan fingerprint density at radius 2 is 1.74 bits per heavy atom. The van der Waals surface area contributed by atoms with E-state index in [0.717, 1.165) is 14.0 Å². The van der Waals surface area contributed by atoms with Gasteiger partial charge in [0, 0.05) is 15.6 Å². The molecule has 11 heteroatoms. The molecule has 196 valence electrons. The molecule has 0 spiro atoms. The van der Waals surface area contributed by atoms with Crippen molar-refractivity contribution in [3.8, 4) is 17.2 Å². The molecule has 3 aromatic carbocycles. The molecule has 1 aliphatic heterocycles. The fraction of sp³-hybridized carbons (Fsp3) is 0.148. The van der Waals surface area contributed by atoms with Crippen molar-refractivity contribution in [1.82, 2.24) is 5.32 Å². The van der Waals surface area contributed by atoms with Crippen molar-refractivity contribution in [1.29, 1.82) is 0 Å². The van der Waals surface area contributed by atoms with Gasteiger partial charge in [0.1, 0.15) is 17.9 Å². The van der Waals surface area contributed by atoms with Crippen molar-refractivity contribution in [2.24, 2.45) is 0 Å². The van der Waals surface area contributed by atoms with Crippen LogP contribution in [0.4, 0.5) is 10.5 Å². The first kappa shape index (κ1) is 27.7. The third-order valence-electron chi connectivity index (χ3n) is 5.45. The molecular weight excluding hydrogens is 646 g/mol. The summed E-state index contributed by atoms with van der Waals surface area (Å²) in [5.41, 5.74) is 1.35. The highest BCUT2D eigenvalue weighted by molar-refractivity contribution is 14.1. The number of rotatable bonds is 8. The zero-order valence-corrected chi connectivity index (χ0v) is 23.9. The molecule has 0 aromatic heterocycles. The van der Waals surface area contributed by atoms with Crippen LogP contribution in [0.1, 0.15) is 18.1 Å². The van der Waals surface area contributed by atoms with E-state index in [2.05, 4.69) is 27.9 Å². The summed E-state index contributed by atoms with van der Waals surface area (Å²) in [6.45, 7) is 2.44. The molecule has 1 saturated heterocycles. The van der Waals surface area contributed by atoms with Gasteiger partial charge in [-0.2, -0.15) is 0 Å². The molecule has 0 aliphatic carbocycles. The standard InChI is InChI=1S/C27H21Cl2IN2O6/c1-3-37-23-12-15(11-22(30)24(23)36-2)10-20-25(33)31-27(35)32(26(20)34)18-6-8-19(9-7-18)38-14-16-4-5-17(28)13-21(16)29/h4-13H,3,14H2,1-2H3,(H,31,33,35)/b20-10+. The van der Waals surface area contributed by atoms with E-state index >= 15 is 0 Å². The Balaban J connectivity index is 1.56. The number of carbonyl (C=O) groups is 3. The van der Waals surface area contributed by atoms with E-state index in [9.17, 15) is 14.4 Å². The van der Waals surface area contributed by atoms with Crippen LogP contribution in [0.3, 0.4) is 0 Å². The van der Waals surface area contributed by atoms with Crippen molar-refractivity contribution in [2.75, 3.05) is 18.6 Å². The van der Waals surface area contributed by atoms with Crippen molar-refractivity contribution in [2.45, 2.75) is 13.5 Å². The van der Waals surface area contributed by atoms with Gasteiger partial charge in [0.2, 0.25) is 0 Å². The maximum Gasteiger partial charge on any atom is 0.335 e. The van der Waals surface area contributed by atoms with Crippen LogP contribution in [0.5, 0.6) is 17.2 Å². The minimum atomic E-state index is -0.849. The Kier molecular flexibility index (Phi) is 8.80. The van der Waals surface area contributed by atoms with Gasteiger partial charge in [-0.3, -0.25) is 14.9 Å². The Labute approximate surface area is 242 Å². The highest BCUT2D eigenvalue weighted by atomic mass is 127. The summed E-state index contributed by atoms with van der Waals surface area (Å²) in [5.74, 6) is -0.0379. The van der Waals surface area contributed by atoms with Crippen LogP contribution in [0.15, 0.2) is 60.2 Å². The monoisotopic (exact) mass is 666 g/mol. The van der Waals surface area contributed by atoms with E-state index in [0.29, 0.717) is 39.5 Å². The van der Waals surface area contributed by atoms with Crippen LogP contribution in [0.2, 0.25) is 10.0 Å². The lowest BCUT2D eigenvalue weighted by Gasteiger charge is -2.26. The van der Waals surface area contributed by atoms with Gasteiger partial charge in [0.15, 0.2) is 11.5 Å². The molecular formula is C27H21Cl2IN2O6. The second kappa shape index (κ2) is 12.1. The number of nitrogens with zero attached hydrogens (tertiary/aromatic N) is 1. The molecule has 0 saturated carbocycles. The molecule has 38 heavy (non-hydrogen) atoms. The minimum Gasteiger partial charge on any atom is -0.492 e.